The number of aryl methyl sites for hydroxylation is 1. The Hall–Kier alpha value is -0.975. The molecule has 1 aromatic carbocycles. The summed E-state index contributed by atoms with van der Waals surface area (Å²) in [5, 5.41) is 17.6. The molecule has 0 aliphatic heterocycles. The predicted molar refractivity (Wildman–Crippen MR) is 92.3 cm³/mol. The summed E-state index contributed by atoms with van der Waals surface area (Å²) < 4.78 is 26.0. The highest BCUT2D eigenvalue weighted by atomic mass is 19.2. The van der Waals surface area contributed by atoms with E-state index in [1.165, 1.54) is 12.1 Å². The lowest BCUT2D eigenvalue weighted by molar-refractivity contribution is 0.144. The lowest BCUT2D eigenvalue weighted by Crippen LogP contribution is -2.39. The van der Waals surface area contributed by atoms with Crippen molar-refractivity contribution in [3.8, 4) is 0 Å². The maximum absolute atomic E-state index is 13.1. The van der Waals surface area contributed by atoms with Gasteiger partial charge in [0, 0.05) is 6.04 Å². The van der Waals surface area contributed by atoms with Crippen LogP contribution in [0.2, 0.25) is 6.32 Å². The monoisotopic (exact) mass is 339 g/mol. The second kappa shape index (κ2) is 9.49. The molecule has 1 aliphatic carbocycles. The van der Waals surface area contributed by atoms with Gasteiger partial charge < -0.3 is 15.8 Å². The number of hydrogen-bond acceptors (Lipinski definition) is 3. The van der Waals surface area contributed by atoms with E-state index in [0.29, 0.717) is 18.2 Å². The predicted octanol–water partition coefficient (Wildman–Crippen LogP) is 3.28. The van der Waals surface area contributed by atoms with Crippen molar-refractivity contribution in [1.29, 1.82) is 0 Å². The molecule has 0 aromatic heterocycles. The Bertz CT molecular complexity index is 510. The van der Waals surface area contributed by atoms with Crippen LogP contribution >= 0.6 is 0 Å². The molecule has 1 unspecified atom stereocenters. The standard InChI is InChI=1S/C18H28BF2NO2/c20-16-8-7-13(12-17(16)21)4-3-5-14-10-15(11-14)18(22)6-1-2-9-19(23)24/h7-8,12,14-15,18,23-24H,1-6,9-11,22H2. The van der Waals surface area contributed by atoms with Crippen LogP contribution in [0, 0.1) is 23.5 Å². The fourth-order valence-corrected chi connectivity index (χ4v) is 3.61. The molecular formula is C18H28BF2NO2. The van der Waals surface area contributed by atoms with Crippen LogP contribution in [0.1, 0.15) is 50.5 Å². The first-order valence-electron chi connectivity index (χ1n) is 9.01. The van der Waals surface area contributed by atoms with Crippen molar-refractivity contribution >= 4 is 7.12 Å². The van der Waals surface area contributed by atoms with Crippen LogP contribution in [0.5, 0.6) is 0 Å². The van der Waals surface area contributed by atoms with Crippen molar-refractivity contribution in [2.45, 2.75) is 63.7 Å². The molecule has 0 heterocycles. The molecule has 1 fully saturated rings. The summed E-state index contributed by atoms with van der Waals surface area (Å²) in [5.74, 6) is -0.276. The first-order valence-corrected chi connectivity index (χ1v) is 9.01. The van der Waals surface area contributed by atoms with Crippen LogP contribution in [-0.2, 0) is 6.42 Å². The number of benzene rings is 1. The summed E-state index contributed by atoms with van der Waals surface area (Å²) in [6.07, 6.45) is 8.30. The molecule has 1 saturated carbocycles. The summed E-state index contributed by atoms with van der Waals surface area (Å²) in [6.45, 7) is 0. The third kappa shape index (κ3) is 6.15. The molecule has 24 heavy (non-hydrogen) atoms. The highest BCUT2D eigenvalue weighted by Crippen LogP contribution is 2.39. The van der Waals surface area contributed by atoms with Gasteiger partial charge in [0.05, 0.1) is 0 Å². The molecule has 6 heteroatoms. The van der Waals surface area contributed by atoms with E-state index in [1.54, 1.807) is 6.07 Å². The van der Waals surface area contributed by atoms with Gasteiger partial charge in [0.25, 0.3) is 0 Å². The van der Waals surface area contributed by atoms with E-state index in [0.717, 1.165) is 56.9 Å². The van der Waals surface area contributed by atoms with Gasteiger partial charge >= 0.3 is 7.12 Å². The fourth-order valence-electron chi connectivity index (χ4n) is 3.61. The van der Waals surface area contributed by atoms with Gasteiger partial charge in [-0.25, -0.2) is 8.78 Å². The Kier molecular flexibility index (Phi) is 7.65. The molecule has 1 aliphatic rings. The van der Waals surface area contributed by atoms with Crippen molar-refractivity contribution < 1.29 is 18.8 Å². The molecule has 3 nitrogen and oxygen atoms in total. The van der Waals surface area contributed by atoms with Gasteiger partial charge in [0.15, 0.2) is 11.6 Å². The van der Waals surface area contributed by atoms with Gasteiger partial charge in [-0.05, 0) is 68.0 Å². The minimum atomic E-state index is -1.20. The molecule has 134 valence electrons. The Morgan fingerprint density at radius 1 is 1.12 bits per heavy atom. The molecule has 0 saturated heterocycles. The summed E-state index contributed by atoms with van der Waals surface area (Å²) >= 11 is 0. The normalized spacial score (nSPS) is 21.4. The first-order chi connectivity index (χ1) is 11.5. The van der Waals surface area contributed by atoms with Crippen molar-refractivity contribution in [2.24, 2.45) is 17.6 Å². The molecule has 0 radical (unpaired) electrons. The lowest BCUT2D eigenvalue weighted by atomic mass is 9.68. The smallest absolute Gasteiger partial charge is 0.427 e. The van der Waals surface area contributed by atoms with Crippen LogP contribution < -0.4 is 5.73 Å². The van der Waals surface area contributed by atoms with Gasteiger partial charge in [-0.15, -0.1) is 0 Å². The first kappa shape index (κ1) is 19.4. The minimum absolute atomic E-state index is 0.211. The maximum atomic E-state index is 13.1. The molecule has 1 atom stereocenters. The third-order valence-corrected chi connectivity index (χ3v) is 5.19. The van der Waals surface area contributed by atoms with E-state index in [4.69, 9.17) is 15.8 Å². The number of unbranched alkanes of at least 4 members (excludes halogenated alkanes) is 1. The zero-order valence-corrected chi connectivity index (χ0v) is 14.1. The Labute approximate surface area is 143 Å². The summed E-state index contributed by atoms with van der Waals surface area (Å²) in [5.41, 5.74) is 7.06. The second-order valence-electron chi connectivity index (χ2n) is 7.17. The number of rotatable bonds is 10. The van der Waals surface area contributed by atoms with E-state index in [1.807, 2.05) is 0 Å². The third-order valence-electron chi connectivity index (χ3n) is 5.19. The van der Waals surface area contributed by atoms with E-state index in [9.17, 15) is 8.78 Å². The molecule has 0 amide bonds. The van der Waals surface area contributed by atoms with Crippen LogP contribution in [0.25, 0.3) is 0 Å². The zero-order valence-electron chi connectivity index (χ0n) is 14.1. The maximum Gasteiger partial charge on any atom is 0.451 e. The zero-order chi connectivity index (χ0) is 17.5. The summed E-state index contributed by atoms with van der Waals surface area (Å²) in [7, 11) is -1.20. The molecule has 2 rings (SSSR count). The highest BCUT2D eigenvalue weighted by Gasteiger charge is 2.32. The van der Waals surface area contributed by atoms with Gasteiger partial charge in [0.1, 0.15) is 0 Å². The largest absolute Gasteiger partial charge is 0.451 e. The Balaban J connectivity index is 1.55. The Morgan fingerprint density at radius 3 is 2.54 bits per heavy atom. The summed E-state index contributed by atoms with van der Waals surface area (Å²) in [4.78, 5) is 0. The second-order valence-corrected chi connectivity index (χ2v) is 7.17. The highest BCUT2D eigenvalue weighted by molar-refractivity contribution is 6.40. The lowest BCUT2D eigenvalue weighted by Gasteiger charge is -2.39. The number of hydrogen-bond donors (Lipinski definition) is 3. The Morgan fingerprint density at radius 2 is 1.88 bits per heavy atom. The SMILES string of the molecule is NC(CCCCB(O)O)C1CC(CCCc2ccc(F)c(F)c2)C1. The molecular weight excluding hydrogens is 311 g/mol. The van der Waals surface area contributed by atoms with Gasteiger partial charge in [-0.3, -0.25) is 0 Å². The molecule has 0 bridgehead atoms. The average Bonchev–Trinajstić information content (AvgIpc) is 2.49. The van der Waals surface area contributed by atoms with Crippen molar-refractivity contribution in [2.75, 3.05) is 0 Å². The van der Waals surface area contributed by atoms with Gasteiger partial charge in [-0.2, -0.15) is 0 Å². The quantitative estimate of drug-likeness (QED) is 0.453. The van der Waals surface area contributed by atoms with E-state index < -0.39 is 18.8 Å². The van der Waals surface area contributed by atoms with Gasteiger partial charge in [-0.1, -0.05) is 25.3 Å². The van der Waals surface area contributed by atoms with E-state index in [2.05, 4.69) is 0 Å². The number of nitrogens with two attached hydrogens (primary N) is 1. The summed E-state index contributed by atoms with van der Waals surface area (Å²) in [6, 6.07) is 4.35. The van der Waals surface area contributed by atoms with E-state index >= 15 is 0 Å². The van der Waals surface area contributed by atoms with E-state index in [-0.39, 0.29) is 6.04 Å². The van der Waals surface area contributed by atoms with Crippen molar-refractivity contribution in [3.05, 3.63) is 35.4 Å². The van der Waals surface area contributed by atoms with Gasteiger partial charge in [0.2, 0.25) is 0 Å². The molecule has 0 spiro atoms. The number of halogens is 2. The van der Waals surface area contributed by atoms with Crippen LogP contribution in [0.15, 0.2) is 18.2 Å². The average molecular weight is 339 g/mol. The van der Waals surface area contributed by atoms with Crippen LogP contribution in [0.3, 0.4) is 0 Å². The topological polar surface area (TPSA) is 66.5 Å². The fraction of sp³-hybridized carbons (Fsp3) is 0.667. The van der Waals surface area contributed by atoms with Crippen LogP contribution in [0.4, 0.5) is 8.78 Å². The minimum Gasteiger partial charge on any atom is -0.427 e. The molecule has 1 aromatic rings. The van der Waals surface area contributed by atoms with Crippen molar-refractivity contribution in [3.63, 3.8) is 0 Å². The van der Waals surface area contributed by atoms with Crippen LogP contribution in [-0.4, -0.2) is 23.2 Å². The van der Waals surface area contributed by atoms with Crippen molar-refractivity contribution in [1.82, 2.24) is 0 Å². The molecule has 4 N–H and O–H groups in total.